The van der Waals surface area contributed by atoms with Gasteiger partial charge in [-0.05, 0) is 37.3 Å². The lowest BCUT2D eigenvalue weighted by molar-refractivity contribution is 0.338. The molecule has 0 bridgehead atoms. The summed E-state index contributed by atoms with van der Waals surface area (Å²) in [7, 11) is 0. The molecule has 1 aromatic carbocycles. The Labute approximate surface area is 90.3 Å². The van der Waals surface area contributed by atoms with Gasteiger partial charge in [0.05, 0.1) is 6.61 Å². The van der Waals surface area contributed by atoms with Crippen LogP contribution in [-0.4, -0.2) is 6.61 Å². The second-order valence-corrected chi connectivity index (χ2v) is 4.10. The van der Waals surface area contributed by atoms with Crippen LogP contribution in [0.2, 0.25) is 0 Å². The van der Waals surface area contributed by atoms with E-state index in [-0.39, 0.29) is 5.82 Å². The summed E-state index contributed by atoms with van der Waals surface area (Å²) in [4.78, 5) is 0. The van der Waals surface area contributed by atoms with Gasteiger partial charge in [-0.2, -0.15) is 0 Å². The molecule has 1 aliphatic rings. The summed E-state index contributed by atoms with van der Waals surface area (Å²) in [6, 6.07) is 5.27. The largest absolute Gasteiger partial charge is 0.494 e. The van der Waals surface area contributed by atoms with Crippen LogP contribution in [0.4, 0.5) is 4.39 Å². The van der Waals surface area contributed by atoms with E-state index >= 15 is 0 Å². The molecule has 2 heteroatoms. The second kappa shape index (κ2) is 4.65. The molecule has 1 fully saturated rings. The van der Waals surface area contributed by atoms with Crippen LogP contribution in [0.25, 0.3) is 0 Å². The first-order valence-electron chi connectivity index (χ1n) is 5.73. The molecule has 0 heterocycles. The number of benzene rings is 1. The third kappa shape index (κ3) is 2.31. The molecule has 0 unspecified atom stereocenters. The van der Waals surface area contributed by atoms with Crippen LogP contribution >= 0.6 is 0 Å². The third-order valence-electron chi connectivity index (χ3n) is 3.08. The minimum Gasteiger partial charge on any atom is -0.494 e. The average Bonchev–Trinajstić information content (AvgIpc) is 2.71. The minimum atomic E-state index is -0.104. The molecular weight excluding hydrogens is 191 g/mol. The number of hydrogen-bond donors (Lipinski definition) is 0. The van der Waals surface area contributed by atoms with Gasteiger partial charge in [0.15, 0.2) is 0 Å². The summed E-state index contributed by atoms with van der Waals surface area (Å²) in [5.74, 6) is 0.963. The fourth-order valence-corrected chi connectivity index (χ4v) is 2.33. The normalized spacial score (nSPS) is 16.9. The van der Waals surface area contributed by atoms with Crippen LogP contribution < -0.4 is 4.74 Å². The molecule has 1 aliphatic carbocycles. The van der Waals surface area contributed by atoms with Gasteiger partial charge in [-0.15, -0.1) is 0 Å². The lowest BCUT2D eigenvalue weighted by Crippen LogP contribution is -1.98. The first kappa shape index (κ1) is 10.5. The lowest BCUT2D eigenvalue weighted by Gasteiger charge is -2.12. The van der Waals surface area contributed by atoms with Crippen molar-refractivity contribution < 1.29 is 9.13 Å². The molecule has 1 nitrogen and oxygen atoms in total. The maximum atomic E-state index is 13.7. The van der Waals surface area contributed by atoms with Crippen molar-refractivity contribution in [2.45, 2.75) is 38.5 Å². The quantitative estimate of drug-likeness (QED) is 0.732. The lowest BCUT2D eigenvalue weighted by atomic mass is 9.97. The van der Waals surface area contributed by atoms with Crippen LogP contribution in [0.1, 0.15) is 44.1 Å². The molecule has 1 aromatic rings. The number of rotatable bonds is 3. The molecule has 0 N–H and O–H groups in total. The molecule has 0 aliphatic heterocycles. The van der Waals surface area contributed by atoms with Crippen molar-refractivity contribution in [3.63, 3.8) is 0 Å². The molecule has 0 amide bonds. The standard InChI is InChI=1S/C13H17FO/c1-2-15-11-7-8-12(13(14)9-11)10-5-3-4-6-10/h7-10H,2-6H2,1H3. The van der Waals surface area contributed by atoms with Crippen LogP contribution in [0.15, 0.2) is 18.2 Å². The topological polar surface area (TPSA) is 9.23 Å². The van der Waals surface area contributed by atoms with Gasteiger partial charge in [-0.3, -0.25) is 0 Å². The van der Waals surface area contributed by atoms with E-state index in [0.29, 0.717) is 18.3 Å². The Bertz CT molecular complexity index is 329. The molecular formula is C13H17FO. The van der Waals surface area contributed by atoms with Crippen LogP contribution in [0, 0.1) is 5.82 Å². The minimum absolute atomic E-state index is 0.104. The maximum Gasteiger partial charge on any atom is 0.130 e. The molecule has 15 heavy (non-hydrogen) atoms. The highest BCUT2D eigenvalue weighted by molar-refractivity contribution is 5.31. The first-order chi connectivity index (χ1) is 7.31. The zero-order chi connectivity index (χ0) is 10.7. The summed E-state index contributed by atoms with van der Waals surface area (Å²) in [6.45, 7) is 2.49. The van der Waals surface area contributed by atoms with Crippen molar-refractivity contribution in [3.05, 3.63) is 29.6 Å². The molecule has 1 saturated carbocycles. The third-order valence-corrected chi connectivity index (χ3v) is 3.08. The predicted molar refractivity (Wildman–Crippen MR) is 58.8 cm³/mol. The van der Waals surface area contributed by atoms with Crippen molar-refractivity contribution in [1.29, 1.82) is 0 Å². The highest BCUT2D eigenvalue weighted by Crippen LogP contribution is 2.36. The first-order valence-corrected chi connectivity index (χ1v) is 5.73. The summed E-state index contributed by atoms with van der Waals surface area (Å²) < 4.78 is 19.0. The van der Waals surface area contributed by atoms with Crippen LogP contribution in [0.3, 0.4) is 0 Å². The molecule has 0 atom stereocenters. The fraction of sp³-hybridized carbons (Fsp3) is 0.538. The molecule has 0 spiro atoms. The number of halogens is 1. The van der Waals surface area contributed by atoms with Gasteiger partial charge in [0.2, 0.25) is 0 Å². The highest BCUT2D eigenvalue weighted by atomic mass is 19.1. The van der Waals surface area contributed by atoms with E-state index in [2.05, 4.69) is 0 Å². The Kier molecular flexibility index (Phi) is 3.24. The van der Waals surface area contributed by atoms with Gasteiger partial charge in [0.1, 0.15) is 11.6 Å². The van der Waals surface area contributed by atoms with Gasteiger partial charge in [0, 0.05) is 6.07 Å². The molecule has 82 valence electrons. The Balaban J connectivity index is 2.18. The summed E-state index contributed by atoms with van der Waals surface area (Å²) in [5.41, 5.74) is 0.871. The van der Waals surface area contributed by atoms with E-state index in [1.54, 1.807) is 0 Å². The molecule has 0 radical (unpaired) electrons. The smallest absolute Gasteiger partial charge is 0.130 e. The van der Waals surface area contributed by atoms with Crippen molar-refractivity contribution in [2.75, 3.05) is 6.61 Å². The van der Waals surface area contributed by atoms with Crippen LogP contribution in [0.5, 0.6) is 5.75 Å². The summed E-state index contributed by atoms with van der Waals surface area (Å²) in [5, 5.41) is 0. The molecule has 0 aromatic heterocycles. The van der Waals surface area contributed by atoms with E-state index in [9.17, 15) is 4.39 Å². The maximum absolute atomic E-state index is 13.7. The fourth-order valence-electron chi connectivity index (χ4n) is 2.33. The highest BCUT2D eigenvalue weighted by Gasteiger charge is 2.20. The van der Waals surface area contributed by atoms with Gasteiger partial charge >= 0.3 is 0 Å². The van der Waals surface area contributed by atoms with Crippen molar-refractivity contribution >= 4 is 0 Å². The molecule has 0 saturated heterocycles. The van der Waals surface area contributed by atoms with Gasteiger partial charge in [-0.1, -0.05) is 18.9 Å². The van der Waals surface area contributed by atoms with E-state index in [1.807, 2.05) is 19.1 Å². The Morgan fingerprint density at radius 1 is 1.33 bits per heavy atom. The second-order valence-electron chi connectivity index (χ2n) is 4.10. The Morgan fingerprint density at radius 2 is 2.07 bits per heavy atom. The van der Waals surface area contributed by atoms with Crippen molar-refractivity contribution in [3.8, 4) is 5.75 Å². The van der Waals surface area contributed by atoms with Crippen molar-refractivity contribution in [1.82, 2.24) is 0 Å². The Hall–Kier alpha value is -1.05. The van der Waals surface area contributed by atoms with E-state index in [0.717, 1.165) is 18.4 Å². The Morgan fingerprint density at radius 3 is 2.67 bits per heavy atom. The van der Waals surface area contributed by atoms with Gasteiger partial charge < -0.3 is 4.74 Å². The summed E-state index contributed by atoms with van der Waals surface area (Å²) in [6.07, 6.45) is 4.73. The van der Waals surface area contributed by atoms with E-state index in [4.69, 9.17) is 4.74 Å². The van der Waals surface area contributed by atoms with Gasteiger partial charge in [0.25, 0.3) is 0 Å². The van der Waals surface area contributed by atoms with Crippen LogP contribution in [-0.2, 0) is 0 Å². The van der Waals surface area contributed by atoms with Crippen molar-refractivity contribution in [2.24, 2.45) is 0 Å². The number of ether oxygens (including phenoxy) is 1. The van der Waals surface area contributed by atoms with E-state index < -0.39 is 0 Å². The average molecular weight is 208 g/mol. The SMILES string of the molecule is CCOc1ccc(C2CCCC2)c(F)c1. The summed E-state index contributed by atoms with van der Waals surface area (Å²) >= 11 is 0. The zero-order valence-electron chi connectivity index (χ0n) is 9.13. The predicted octanol–water partition coefficient (Wildman–Crippen LogP) is 3.88. The zero-order valence-corrected chi connectivity index (χ0v) is 9.13. The monoisotopic (exact) mass is 208 g/mol. The molecule has 2 rings (SSSR count). The van der Waals surface area contributed by atoms with E-state index in [1.165, 1.54) is 18.9 Å². The number of hydrogen-bond acceptors (Lipinski definition) is 1. The van der Waals surface area contributed by atoms with Gasteiger partial charge in [-0.25, -0.2) is 4.39 Å².